The van der Waals surface area contributed by atoms with Crippen LogP contribution in [0.15, 0.2) is 35.7 Å². The average molecular weight is 287 g/mol. The molecule has 0 saturated carbocycles. The number of benzene rings is 1. The van der Waals surface area contributed by atoms with Gasteiger partial charge in [-0.1, -0.05) is 26.0 Å². The molecule has 3 heteroatoms. The normalized spacial score (nSPS) is 12.4. The van der Waals surface area contributed by atoms with Crippen LogP contribution in [0.2, 0.25) is 0 Å². The molecule has 1 amide bonds. The Bertz CT molecular complexity index is 587. The van der Waals surface area contributed by atoms with Crippen LogP contribution >= 0.6 is 11.3 Å². The van der Waals surface area contributed by atoms with Gasteiger partial charge in [-0.2, -0.15) is 0 Å². The molecule has 0 fully saturated rings. The van der Waals surface area contributed by atoms with Crippen molar-refractivity contribution in [1.29, 1.82) is 0 Å². The monoisotopic (exact) mass is 287 g/mol. The van der Waals surface area contributed by atoms with E-state index in [0.29, 0.717) is 5.92 Å². The van der Waals surface area contributed by atoms with Crippen molar-refractivity contribution in [3.63, 3.8) is 0 Å². The molecule has 1 N–H and O–H groups in total. The van der Waals surface area contributed by atoms with Gasteiger partial charge in [-0.25, -0.2) is 0 Å². The number of nitrogens with one attached hydrogen (secondary N) is 1. The molecule has 0 aliphatic heterocycles. The number of carbonyl (C=O) groups is 1. The van der Waals surface area contributed by atoms with Gasteiger partial charge in [-0.15, -0.1) is 11.3 Å². The fraction of sp³-hybridized carbons (Fsp3) is 0.353. The molecule has 2 rings (SSSR count). The first-order chi connectivity index (χ1) is 9.49. The standard InChI is InChI=1S/C17H21NOS/c1-11(2)16(15-6-5-9-20-15)18-17(19)14-8-7-12(3)13(4)10-14/h5-11,16H,1-4H3,(H,18,19)/t16-/m1/s1. The van der Waals surface area contributed by atoms with Gasteiger partial charge >= 0.3 is 0 Å². The highest BCUT2D eigenvalue weighted by Gasteiger charge is 2.20. The summed E-state index contributed by atoms with van der Waals surface area (Å²) in [5, 5.41) is 5.20. The van der Waals surface area contributed by atoms with E-state index in [4.69, 9.17) is 0 Å². The molecule has 20 heavy (non-hydrogen) atoms. The molecule has 2 nitrogen and oxygen atoms in total. The molecule has 0 radical (unpaired) electrons. The maximum absolute atomic E-state index is 12.4. The molecular weight excluding hydrogens is 266 g/mol. The van der Waals surface area contributed by atoms with Crippen LogP contribution < -0.4 is 5.32 Å². The van der Waals surface area contributed by atoms with Gasteiger partial charge in [0.2, 0.25) is 0 Å². The van der Waals surface area contributed by atoms with Gasteiger partial charge in [0.15, 0.2) is 0 Å². The van der Waals surface area contributed by atoms with Crippen molar-refractivity contribution in [2.45, 2.75) is 33.7 Å². The maximum atomic E-state index is 12.4. The lowest BCUT2D eigenvalue weighted by Crippen LogP contribution is -2.31. The Hall–Kier alpha value is -1.61. The van der Waals surface area contributed by atoms with Crippen LogP contribution in [0.25, 0.3) is 0 Å². The van der Waals surface area contributed by atoms with Crippen molar-refractivity contribution in [2.75, 3.05) is 0 Å². The summed E-state index contributed by atoms with van der Waals surface area (Å²) < 4.78 is 0. The predicted molar refractivity (Wildman–Crippen MR) is 85.3 cm³/mol. The highest BCUT2D eigenvalue weighted by molar-refractivity contribution is 7.10. The second kappa shape index (κ2) is 6.23. The second-order valence-electron chi connectivity index (χ2n) is 5.51. The molecule has 1 heterocycles. The Morgan fingerprint density at radius 1 is 1.15 bits per heavy atom. The van der Waals surface area contributed by atoms with Crippen LogP contribution in [-0.4, -0.2) is 5.91 Å². The van der Waals surface area contributed by atoms with E-state index >= 15 is 0 Å². The summed E-state index contributed by atoms with van der Waals surface area (Å²) in [4.78, 5) is 13.6. The Morgan fingerprint density at radius 2 is 1.90 bits per heavy atom. The minimum atomic E-state index is 0.000185. The molecule has 0 saturated heterocycles. The number of hydrogen-bond donors (Lipinski definition) is 1. The number of carbonyl (C=O) groups excluding carboxylic acids is 1. The van der Waals surface area contributed by atoms with Gasteiger partial charge < -0.3 is 5.32 Å². The summed E-state index contributed by atoms with van der Waals surface area (Å²) >= 11 is 1.69. The smallest absolute Gasteiger partial charge is 0.251 e. The largest absolute Gasteiger partial charge is 0.344 e. The molecule has 2 aromatic rings. The summed E-state index contributed by atoms with van der Waals surface area (Å²) in [6.07, 6.45) is 0. The molecule has 1 aromatic carbocycles. The minimum Gasteiger partial charge on any atom is -0.344 e. The number of amides is 1. The summed E-state index contributed by atoms with van der Waals surface area (Å²) in [6, 6.07) is 10.0. The van der Waals surface area contributed by atoms with Crippen LogP contribution in [0.4, 0.5) is 0 Å². The van der Waals surface area contributed by atoms with E-state index in [-0.39, 0.29) is 11.9 Å². The molecule has 0 bridgehead atoms. The zero-order valence-corrected chi connectivity index (χ0v) is 13.3. The van der Waals surface area contributed by atoms with Crippen molar-refractivity contribution in [2.24, 2.45) is 5.92 Å². The van der Waals surface area contributed by atoms with Crippen LogP contribution in [0.1, 0.15) is 46.3 Å². The minimum absolute atomic E-state index is 0.000185. The van der Waals surface area contributed by atoms with Crippen molar-refractivity contribution >= 4 is 17.2 Å². The topological polar surface area (TPSA) is 29.1 Å². The van der Waals surface area contributed by atoms with E-state index in [2.05, 4.69) is 32.2 Å². The van der Waals surface area contributed by atoms with E-state index in [1.165, 1.54) is 10.4 Å². The van der Waals surface area contributed by atoms with E-state index < -0.39 is 0 Å². The molecule has 1 aromatic heterocycles. The molecule has 0 aliphatic carbocycles. The number of hydrogen-bond acceptors (Lipinski definition) is 2. The molecule has 0 spiro atoms. The summed E-state index contributed by atoms with van der Waals surface area (Å²) in [5.41, 5.74) is 3.09. The first kappa shape index (κ1) is 14.8. The molecule has 0 unspecified atom stereocenters. The van der Waals surface area contributed by atoms with Gasteiger partial charge in [0, 0.05) is 10.4 Å². The van der Waals surface area contributed by atoms with Gasteiger partial charge in [0.25, 0.3) is 5.91 Å². The van der Waals surface area contributed by atoms with Gasteiger partial charge in [0.1, 0.15) is 0 Å². The number of rotatable bonds is 4. The van der Waals surface area contributed by atoms with Crippen LogP contribution in [0, 0.1) is 19.8 Å². The quantitative estimate of drug-likeness (QED) is 0.882. The van der Waals surface area contributed by atoms with E-state index in [9.17, 15) is 4.79 Å². The average Bonchev–Trinajstić information content (AvgIpc) is 2.92. The number of aryl methyl sites for hydroxylation is 2. The van der Waals surface area contributed by atoms with Crippen LogP contribution in [0.3, 0.4) is 0 Å². The predicted octanol–water partition coefficient (Wildman–Crippen LogP) is 4.49. The molecule has 1 atom stereocenters. The Kier molecular flexibility index (Phi) is 4.61. The third-order valence-corrected chi connectivity index (χ3v) is 4.53. The van der Waals surface area contributed by atoms with Crippen molar-refractivity contribution in [3.8, 4) is 0 Å². The third kappa shape index (κ3) is 3.28. The zero-order chi connectivity index (χ0) is 14.7. The lowest BCUT2D eigenvalue weighted by atomic mass is 10.0. The Labute approximate surface area is 124 Å². The van der Waals surface area contributed by atoms with E-state index in [0.717, 1.165) is 11.1 Å². The van der Waals surface area contributed by atoms with Crippen molar-refractivity contribution in [1.82, 2.24) is 5.32 Å². The first-order valence-corrected chi connectivity index (χ1v) is 7.78. The Morgan fingerprint density at radius 3 is 2.45 bits per heavy atom. The lowest BCUT2D eigenvalue weighted by molar-refractivity contribution is 0.0926. The van der Waals surface area contributed by atoms with Gasteiger partial charge in [-0.05, 0) is 54.5 Å². The lowest BCUT2D eigenvalue weighted by Gasteiger charge is -2.21. The number of thiophene rings is 1. The Balaban J connectivity index is 2.18. The second-order valence-corrected chi connectivity index (χ2v) is 6.49. The first-order valence-electron chi connectivity index (χ1n) is 6.90. The fourth-order valence-electron chi connectivity index (χ4n) is 2.14. The fourth-order valence-corrected chi connectivity index (χ4v) is 3.09. The van der Waals surface area contributed by atoms with Crippen molar-refractivity contribution < 1.29 is 4.79 Å². The SMILES string of the molecule is Cc1ccc(C(=O)N[C@@H](c2cccs2)C(C)C)cc1C. The summed E-state index contributed by atoms with van der Waals surface area (Å²) in [5.74, 6) is 0.365. The van der Waals surface area contributed by atoms with Gasteiger partial charge in [-0.3, -0.25) is 4.79 Å². The highest BCUT2D eigenvalue weighted by atomic mass is 32.1. The summed E-state index contributed by atoms with van der Waals surface area (Å²) in [7, 11) is 0. The van der Waals surface area contributed by atoms with Crippen LogP contribution in [-0.2, 0) is 0 Å². The molecular formula is C17H21NOS. The zero-order valence-electron chi connectivity index (χ0n) is 12.4. The highest BCUT2D eigenvalue weighted by Crippen LogP contribution is 2.26. The third-order valence-electron chi connectivity index (χ3n) is 3.57. The van der Waals surface area contributed by atoms with E-state index in [1.54, 1.807) is 11.3 Å². The van der Waals surface area contributed by atoms with E-state index in [1.807, 2.05) is 36.6 Å². The van der Waals surface area contributed by atoms with Crippen molar-refractivity contribution in [3.05, 3.63) is 57.3 Å². The molecule has 0 aliphatic rings. The summed E-state index contributed by atoms with van der Waals surface area (Å²) in [6.45, 7) is 8.35. The molecule has 106 valence electrons. The maximum Gasteiger partial charge on any atom is 0.251 e. The van der Waals surface area contributed by atoms with Gasteiger partial charge in [0.05, 0.1) is 6.04 Å². The van der Waals surface area contributed by atoms with Crippen LogP contribution in [0.5, 0.6) is 0 Å².